The van der Waals surface area contributed by atoms with Gasteiger partial charge in [-0.25, -0.2) is 0 Å². The molecule has 2 amide bonds. The Hall–Kier alpha value is -3.09. The molecule has 6 heteroatoms. The summed E-state index contributed by atoms with van der Waals surface area (Å²) in [4.78, 5) is 29.6. The largest absolute Gasteiger partial charge is 0.348 e. The van der Waals surface area contributed by atoms with E-state index in [2.05, 4.69) is 34.5 Å². The SMILES string of the molecule is O=C(NCc1ccc(CN2CCCC2)cc1)c1ccc(C2SCC(=O)N2Cc2ccccc2)cc1. The minimum Gasteiger partial charge on any atom is -0.348 e. The van der Waals surface area contributed by atoms with E-state index < -0.39 is 0 Å². The maximum absolute atomic E-state index is 12.7. The van der Waals surface area contributed by atoms with Gasteiger partial charge in [0.1, 0.15) is 5.37 Å². The Labute approximate surface area is 211 Å². The van der Waals surface area contributed by atoms with Crippen molar-refractivity contribution < 1.29 is 9.59 Å². The molecule has 1 atom stereocenters. The molecule has 0 radical (unpaired) electrons. The standard InChI is InChI=1S/C29H31N3O2S/c33-27-21-35-29(32(27)20-23-6-2-1-3-7-23)26-14-12-25(13-15-26)28(34)30-18-22-8-10-24(11-9-22)19-31-16-4-5-17-31/h1-3,6-15,29H,4-5,16-21H2,(H,30,34). The van der Waals surface area contributed by atoms with Gasteiger partial charge in [0.25, 0.3) is 5.91 Å². The van der Waals surface area contributed by atoms with Crippen molar-refractivity contribution in [3.05, 3.63) is 107 Å². The Morgan fingerprint density at radius 2 is 1.49 bits per heavy atom. The molecule has 0 saturated carbocycles. The van der Waals surface area contributed by atoms with Crippen molar-refractivity contribution in [3.63, 3.8) is 0 Å². The second-order valence-corrected chi connectivity index (χ2v) is 10.3. The van der Waals surface area contributed by atoms with Crippen molar-refractivity contribution in [2.24, 2.45) is 0 Å². The topological polar surface area (TPSA) is 52.7 Å². The van der Waals surface area contributed by atoms with Crippen molar-refractivity contribution >= 4 is 23.6 Å². The number of carbonyl (C=O) groups is 2. The van der Waals surface area contributed by atoms with Crippen LogP contribution in [0.5, 0.6) is 0 Å². The first-order valence-corrected chi connectivity index (χ1v) is 13.3. The molecule has 2 heterocycles. The predicted octanol–water partition coefficient (Wildman–Crippen LogP) is 4.99. The van der Waals surface area contributed by atoms with Crippen molar-refractivity contribution in [1.82, 2.24) is 15.1 Å². The van der Waals surface area contributed by atoms with Crippen LogP contribution in [0.25, 0.3) is 0 Å². The van der Waals surface area contributed by atoms with E-state index in [1.807, 2.05) is 59.5 Å². The molecular formula is C29H31N3O2S. The number of nitrogens with one attached hydrogen (secondary N) is 1. The highest BCUT2D eigenvalue weighted by Gasteiger charge is 2.32. The number of likely N-dealkylation sites (tertiary alicyclic amines) is 1. The van der Waals surface area contributed by atoms with Gasteiger partial charge in [0.15, 0.2) is 0 Å². The van der Waals surface area contributed by atoms with Crippen molar-refractivity contribution in [1.29, 1.82) is 0 Å². The third-order valence-corrected chi connectivity index (χ3v) is 7.96. The highest BCUT2D eigenvalue weighted by Crippen LogP contribution is 2.39. The number of nitrogens with zero attached hydrogens (tertiary/aromatic N) is 2. The van der Waals surface area contributed by atoms with Crippen molar-refractivity contribution in [2.75, 3.05) is 18.8 Å². The summed E-state index contributed by atoms with van der Waals surface area (Å²) in [6.45, 7) is 4.49. The molecule has 2 fully saturated rings. The molecule has 180 valence electrons. The molecule has 3 aromatic rings. The van der Waals surface area contributed by atoms with Crippen LogP contribution in [0, 0.1) is 0 Å². The molecule has 1 unspecified atom stereocenters. The lowest BCUT2D eigenvalue weighted by atomic mass is 10.1. The summed E-state index contributed by atoms with van der Waals surface area (Å²) in [5.74, 6) is 0.544. The van der Waals surface area contributed by atoms with E-state index in [1.165, 1.54) is 31.5 Å². The minimum absolute atomic E-state index is 0.0288. The summed E-state index contributed by atoms with van der Waals surface area (Å²) in [6, 6.07) is 26.2. The zero-order chi connectivity index (χ0) is 24.0. The zero-order valence-corrected chi connectivity index (χ0v) is 20.7. The van der Waals surface area contributed by atoms with Gasteiger partial charge in [-0.05, 0) is 60.3 Å². The highest BCUT2D eigenvalue weighted by molar-refractivity contribution is 8.00. The van der Waals surface area contributed by atoms with Crippen LogP contribution in [0.2, 0.25) is 0 Å². The van der Waals surface area contributed by atoms with Gasteiger partial charge in [-0.1, -0.05) is 66.7 Å². The molecule has 0 bridgehead atoms. The molecule has 0 spiro atoms. The van der Waals surface area contributed by atoms with E-state index in [4.69, 9.17) is 0 Å². The lowest BCUT2D eigenvalue weighted by Gasteiger charge is -2.24. The fourth-order valence-electron chi connectivity index (χ4n) is 4.73. The molecule has 2 aliphatic heterocycles. The summed E-state index contributed by atoms with van der Waals surface area (Å²) in [7, 11) is 0. The normalized spacial score (nSPS) is 18.2. The van der Waals surface area contributed by atoms with E-state index in [0.29, 0.717) is 24.4 Å². The van der Waals surface area contributed by atoms with Crippen LogP contribution >= 0.6 is 11.8 Å². The summed E-state index contributed by atoms with van der Waals surface area (Å²) in [5, 5.41) is 3.00. The van der Waals surface area contributed by atoms with E-state index in [-0.39, 0.29) is 17.2 Å². The van der Waals surface area contributed by atoms with Crippen LogP contribution in [0.15, 0.2) is 78.9 Å². The molecular weight excluding hydrogens is 454 g/mol. The van der Waals surface area contributed by atoms with Crippen LogP contribution in [0.4, 0.5) is 0 Å². The second-order valence-electron chi connectivity index (χ2n) is 9.28. The fourth-order valence-corrected chi connectivity index (χ4v) is 5.91. The fraction of sp³-hybridized carbons (Fsp3) is 0.310. The van der Waals surface area contributed by atoms with Gasteiger partial charge in [-0.3, -0.25) is 14.5 Å². The van der Waals surface area contributed by atoms with Crippen LogP contribution in [-0.4, -0.2) is 40.5 Å². The summed E-state index contributed by atoms with van der Waals surface area (Å²) >= 11 is 1.64. The highest BCUT2D eigenvalue weighted by atomic mass is 32.2. The molecule has 3 aromatic carbocycles. The molecule has 1 N–H and O–H groups in total. The Morgan fingerprint density at radius 3 is 2.20 bits per heavy atom. The average Bonchev–Trinajstić information content (AvgIpc) is 3.54. The monoisotopic (exact) mass is 485 g/mol. The Balaban J connectivity index is 1.16. The van der Waals surface area contributed by atoms with Gasteiger partial charge in [-0.15, -0.1) is 11.8 Å². The smallest absolute Gasteiger partial charge is 0.251 e. The third kappa shape index (κ3) is 5.95. The van der Waals surface area contributed by atoms with E-state index in [9.17, 15) is 9.59 Å². The van der Waals surface area contributed by atoms with Gasteiger partial charge in [0.05, 0.1) is 5.75 Å². The van der Waals surface area contributed by atoms with Gasteiger partial charge in [0.2, 0.25) is 5.91 Å². The average molecular weight is 486 g/mol. The van der Waals surface area contributed by atoms with Crippen molar-refractivity contribution in [3.8, 4) is 0 Å². The first-order valence-electron chi connectivity index (χ1n) is 12.3. The Morgan fingerprint density at radius 1 is 0.829 bits per heavy atom. The van der Waals surface area contributed by atoms with E-state index >= 15 is 0 Å². The lowest BCUT2D eigenvalue weighted by molar-refractivity contribution is -0.128. The van der Waals surface area contributed by atoms with Crippen LogP contribution in [0.1, 0.15) is 50.8 Å². The lowest BCUT2D eigenvalue weighted by Crippen LogP contribution is -2.27. The number of thioether (sulfide) groups is 1. The zero-order valence-electron chi connectivity index (χ0n) is 19.9. The number of amides is 2. The third-order valence-electron chi connectivity index (χ3n) is 6.70. The Kier molecular flexibility index (Phi) is 7.50. The first kappa shape index (κ1) is 23.6. The molecule has 5 nitrogen and oxygen atoms in total. The minimum atomic E-state index is -0.0889. The number of hydrogen-bond donors (Lipinski definition) is 1. The Bertz CT molecular complexity index is 1140. The predicted molar refractivity (Wildman–Crippen MR) is 141 cm³/mol. The molecule has 5 rings (SSSR count). The summed E-state index contributed by atoms with van der Waals surface area (Å²) in [6.07, 6.45) is 2.60. The molecule has 35 heavy (non-hydrogen) atoms. The number of benzene rings is 3. The molecule has 2 aliphatic rings. The van der Waals surface area contributed by atoms with Crippen LogP contribution < -0.4 is 5.32 Å². The maximum Gasteiger partial charge on any atom is 0.251 e. The van der Waals surface area contributed by atoms with E-state index in [0.717, 1.165) is 23.2 Å². The van der Waals surface area contributed by atoms with Crippen LogP contribution in [0.3, 0.4) is 0 Å². The quantitative estimate of drug-likeness (QED) is 0.489. The second kappa shape index (κ2) is 11.1. The number of hydrogen-bond acceptors (Lipinski definition) is 4. The molecule has 2 saturated heterocycles. The maximum atomic E-state index is 12.7. The van der Waals surface area contributed by atoms with Gasteiger partial charge in [0, 0.05) is 25.2 Å². The summed E-state index contributed by atoms with van der Waals surface area (Å²) < 4.78 is 0. The van der Waals surface area contributed by atoms with Gasteiger partial charge in [-0.2, -0.15) is 0 Å². The first-order chi connectivity index (χ1) is 17.2. The van der Waals surface area contributed by atoms with E-state index in [1.54, 1.807) is 11.8 Å². The summed E-state index contributed by atoms with van der Waals surface area (Å²) in [5.41, 5.74) is 5.21. The van der Waals surface area contributed by atoms with Crippen LogP contribution in [-0.2, 0) is 24.4 Å². The van der Waals surface area contributed by atoms with Crippen molar-refractivity contribution in [2.45, 2.75) is 37.8 Å². The number of rotatable bonds is 8. The number of carbonyl (C=O) groups excluding carboxylic acids is 2. The van der Waals surface area contributed by atoms with Gasteiger partial charge >= 0.3 is 0 Å². The molecule has 0 aliphatic carbocycles. The van der Waals surface area contributed by atoms with Gasteiger partial charge < -0.3 is 10.2 Å². The molecule has 0 aromatic heterocycles.